The Kier molecular flexibility index (Phi) is 12.7. The van der Waals surface area contributed by atoms with Gasteiger partial charge in [-0.3, -0.25) is 14.9 Å². The van der Waals surface area contributed by atoms with Crippen molar-refractivity contribution in [1.82, 2.24) is 25.4 Å². The fourth-order valence-corrected chi connectivity index (χ4v) is 5.63. The van der Waals surface area contributed by atoms with Crippen molar-refractivity contribution >= 4 is 51.9 Å². The van der Waals surface area contributed by atoms with Crippen LogP contribution in [0.25, 0.3) is 22.0 Å². The van der Waals surface area contributed by atoms with Crippen LogP contribution in [0.1, 0.15) is 36.8 Å². The average Bonchev–Trinajstić information content (AvgIpc) is 3.37. The number of aryl methyl sites for hydroxylation is 1. The minimum Gasteiger partial charge on any atom is -0.378 e. The van der Waals surface area contributed by atoms with E-state index in [0.717, 1.165) is 12.1 Å². The van der Waals surface area contributed by atoms with Gasteiger partial charge in [-0.25, -0.2) is 31.3 Å². The molecule has 0 spiro atoms. The largest absolute Gasteiger partial charge is 0.378 e. The molecule has 0 saturated carbocycles. The first-order chi connectivity index (χ1) is 24.0. The van der Waals surface area contributed by atoms with Gasteiger partial charge in [-0.05, 0) is 68.2 Å². The van der Waals surface area contributed by atoms with Gasteiger partial charge >= 0.3 is 0 Å². The number of carbonyl (C=O) groups excluding carboxylic acids is 1. The molecule has 2 aromatic carbocycles. The predicted molar refractivity (Wildman–Crippen MR) is 186 cm³/mol. The summed E-state index contributed by atoms with van der Waals surface area (Å²) in [4.78, 5) is 18.0. The second-order valence-corrected chi connectivity index (χ2v) is 12.7. The monoisotopic (exact) mass is 751 g/mol. The molecule has 17 heteroatoms. The molecule has 2 heterocycles. The van der Waals surface area contributed by atoms with Crippen LogP contribution in [0.5, 0.6) is 0 Å². The van der Waals surface area contributed by atoms with Gasteiger partial charge in [0.1, 0.15) is 22.9 Å². The van der Waals surface area contributed by atoms with E-state index >= 15 is 0 Å². The van der Waals surface area contributed by atoms with E-state index < -0.39 is 60.0 Å². The number of nitrogens with one attached hydrogen (secondary N) is 4. The smallest absolute Gasteiger partial charge is 0.279 e. The number of allylic oxidation sites excluding steroid dienone is 2. The molecule has 9 nitrogen and oxygen atoms in total. The maximum absolute atomic E-state index is 14.4. The molecule has 0 bridgehead atoms. The first-order valence-electron chi connectivity index (χ1n) is 15.0. The molecule has 0 aliphatic heterocycles. The molecule has 4 aromatic rings. The first-order valence-corrected chi connectivity index (χ1v) is 16.6. The van der Waals surface area contributed by atoms with Crippen LogP contribution in [0.3, 0.4) is 0 Å². The quantitative estimate of drug-likeness (QED) is 0.0440. The molecule has 0 aliphatic rings. The maximum Gasteiger partial charge on any atom is 0.279 e. The third-order valence-corrected chi connectivity index (χ3v) is 7.82. The number of fused-ring (bicyclic) bond motifs is 1. The lowest BCUT2D eigenvalue weighted by molar-refractivity contribution is -0.120. The lowest BCUT2D eigenvalue weighted by Crippen LogP contribution is -2.38. The molecular formula is C34H32ClF6N7O2S. The zero-order valence-corrected chi connectivity index (χ0v) is 29.1. The zero-order chi connectivity index (χ0) is 37.6. The van der Waals surface area contributed by atoms with Crippen LogP contribution in [0, 0.1) is 28.9 Å². The summed E-state index contributed by atoms with van der Waals surface area (Å²) in [6.07, 6.45) is -4.88. The summed E-state index contributed by atoms with van der Waals surface area (Å²) >= 11 is 7.90. The Morgan fingerprint density at radius 3 is 2.37 bits per heavy atom. The van der Waals surface area contributed by atoms with E-state index in [-0.39, 0.29) is 29.4 Å². The molecule has 0 fully saturated rings. The number of rotatable bonds is 13. The number of aromatic nitrogens is 3. The predicted octanol–water partition coefficient (Wildman–Crippen LogP) is 6.80. The summed E-state index contributed by atoms with van der Waals surface area (Å²) < 4.78 is 86.3. The molecule has 51 heavy (non-hydrogen) atoms. The van der Waals surface area contributed by atoms with Crippen molar-refractivity contribution in [3.63, 3.8) is 0 Å². The lowest BCUT2D eigenvalue weighted by Gasteiger charge is -2.23. The van der Waals surface area contributed by atoms with Gasteiger partial charge in [0.2, 0.25) is 5.91 Å². The van der Waals surface area contributed by atoms with Crippen molar-refractivity contribution in [2.75, 3.05) is 17.5 Å². The molecule has 1 unspecified atom stereocenters. The number of alkyl halides is 4. The van der Waals surface area contributed by atoms with Gasteiger partial charge in [-0.15, -0.1) is 0 Å². The molecule has 0 saturated heterocycles. The normalized spacial score (nSPS) is 12.5. The van der Waals surface area contributed by atoms with E-state index in [0.29, 0.717) is 38.9 Å². The summed E-state index contributed by atoms with van der Waals surface area (Å²) in [6.45, 7) is 2.06. The maximum atomic E-state index is 14.4. The summed E-state index contributed by atoms with van der Waals surface area (Å²) in [5.41, 5.74) is -2.04. The summed E-state index contributed by atoms with van der Waals surface area (Å²) in [5, 5.41) is 27.7. The van der Waals surface area contributed by atoms with Crippen LogP contribution in [-0.4, -0.2) is 62.7 Å². The standard InChI is InChI=1S/C34H32ClF6N7O2S/c1-34(2,50)10-9-20-5-6-21(22-7-8-23(35)28-30(22)48(3)46-33(28)47-51-4)29(44-20)25(13-17-11-18(36)14-19(37)12-17)45-27(49)16-43-26(32(40)41)15-24(42)31(38)39/h5-8,11-12,14-15,25,31-32,42-43,50H,13,16H2,1-4H3,(H,45,49)(H,46,47)/b26-15-,42-24?. The van der Waals surface area contributed by atoms with Gasteiger partial charge in [0, 0.05) is 30.5 Å². The highest BCUT2D eigenvalue weighted by molar-refractivity contribution is 7.99. The molecule has 1 atom stereocenters. The molecule has 4 rings (SSSR count). The topological polar surface area (TPSA) is 128 Å². The fourth-order valence-electron chi connectivity index (χ4n) is 5.05. The van der Waals surface area contributed by atoms with Crippen molar-refractivity contribution in [2.24, 2.45) is 7.05 Å². The fraction of sp³-hybridized carbons (Fsp3) is 0.294. The number of halogens is 7. The molecule has 2 aromatic heterocycles. The lowest BCUT2D eigenvalue weighted by atomic mass is 9.93. The molecule has 5 N–H and O–H groups in total. The van der Waals surface area contributed by atoms with Gasteiger partial charge in [0.25, 0.3) is 12.9 Å². The van der Waals surface area contributed by atoms with Crippen LogP contribution in [0.2, 0.25) is 5.02 Å². The highest BCUT2D eigenvalue weighted by Gasteiger charge is 2.26. The summed E-state index contributed by atoms with van der Waals surface area (Å²) in [6, 6.07) is 8.09. The minimum atomic E-state index is -3.33. The number of nitrogens with zero attached hydrogens (tertiary/aromatic N) is 3. The average molecular weight is 752 g/mol. The third kappa shape index (κ3) is 10.2. The second-order valence-electron chi connectivity index (χ2n) is 11.6. The van der Waals surface area contributed by atoms with Crippen LogP contribution < -0.4 is 15.4 Å². The van der Waals surface area contributed by atoms with Crippen LogP contribution in [0.15, 0.2) is 54.2 Å². The van der Waals surface area contributed by atoms with Crippen molar-refractivity contribution in [3.05, 3.63) is 87.8 Å². The van der Waals surface area contributed by atoms with Gasteiger partial charge in [0.15, 0.2) is 5.82 Å². The number of pyridine rings is 1. The van der Waals surface area contributed by atoms with Crippen LogP contribution in [0.4, 0.5) is 32.2 Å². The Morgan fingerprint density at radius 2 is 1.76 bits per heavy atom. The van der Waals surface area contributed by atoms with E-state index in [1.54, 1.807) is 42.3 Å². The Morgan fingerprint density at radius 1 is 1.10 bits per heavy atom. The van der Waals surface area contributed by atoms with E-state index in [2.05, 4.69) is 32.3 Å². The number of benzene rings is 2. The Labute approximate surface area is 298 Å². The van der Waals surface area contributed by atoms with E-state index in [1.807, 2.05) is 0 Å². The van der Waals surface area contributed by atoms with Gasteiger partial charge in [-0.2, -0.15) is 5.10 Å². The Balaban J connectivity index is 1.90. The van der Waals surface area contributed by atoms with Gasteiger partial charge in [-0.1, -0.05) is 35.5 Å². The summed E-state index contributed by atoms with van der Waals surface area (Å²) in [7, 11) is 1.69. The zero-order valence-electron chi connectivity index (χ0n) is 27.5. The summed E-state index contributed by atoms with van der Waals surface area (Å²) in [5.74, 6) is 3.17. The highest BCUT2D eigenvalue weighted by Crippen LogP contribution is 2.40. The van der Waals surface area contributed by atoms with Crippen LogP contribution in [-0.2, 0) is 18.3 Å². The van der Waals surface area contributed by atoms with Crippen molar-refractivity contribution in [2.45, 2.75) is 44.8 Å². The Bertz CT molecular complexity index is 2020. The van der Waals surface area contributed by atoms with E-state index in [4.69, 9.17) is 22.0 Å². The highest BCUT2D eigenvalue weighted by atomic mass is 35.5. The Hall–Kier alpha value is -4.72. The van der Waals surface area contributed by atoms with E-state index in [1.165, 1.54) is 25.8 Å². The van der Waals surface area contributed by atoms with Crippen LogP contribution >= 0.6 is 23.5 Å². The molecular weight excluding hydrogens is 720 g/mol. The molecule has 270 valence electrons. The number of aliphatic hydroxyl groups is 1. The third-order valence-electron chi connectivity index (χ3n) is 7.11. The van der Waals surface area contributed by atoms with Crippen molar-refractivity contribution < 1.29 is 36.2 Å². The minimum absolute atomic E-state index is 0.0956. The molecule has 0 radical (unpaired) electrons. The number of hydrogen-bond acceptors (Lipinski definition) is 8. The number of hydrogen-bond donors (Lipinski definition) is 5. The van der Waals surface area contributed by atoms with Crippen molar-refractivity contribution in [1.29, 1.82) is 5.41 Å². The van der Waals surface area contributed by atoms with E-state index in [9.17, 15) is 36.2 Å². The van der Waals surface area contributed by atoms with Gasteiger partial charge < -0.3 is 20.5 Å². The second kappa shape index (κ2) is 16.5. The number of amides is 1. The molecule has 0 aliphatic carbocycles. The number of carbonyl (C=O) groups is 1. The SMILES string of the molecule is CSNc1nn(C)c2c(-c3ccc(C#CC(C)(C)O)nc3C(Cc3cc(F)cc(F)c3)NC(=O)CN/C(=C\C(=N)C(F)F)C(F)F)ccc(Cl)c12. The molecule has 1 amide bonds. The number of anilines is 1. The van der Waals surface area contributed by atoms with Gasteiger partial charge in [0.05, 0.1) is 45.6 Å². The first kappa shape index (κ1) is 39.1. The van der Waals surface area contributed by atoms with Crippen molar-refractivity contribution in [3.8, 4) is 23.0 Å².